The highest BCUT2D eigenvalue weighted by Crippen LogP contribution is 2.17. The molecule has 0 saturated carbocycles. The van der Waals surface area contributed by atoms with E-state index in [4.69, 9.17) is 9.15 Å². The second kappa shape index (κ2) is 7.26. The molecule has 0 saturated heterocycles. The summed E-state index contributed by atoms with van der Waals surface area (Å²) in [6.45, 7) is -0.138. The number of nitrogens with zero attached hydrogens (tertiary/aromatic N) is 1. The van der Waals surface area contributed by atoms with Gasteiger partial charge in [0.15, 0.2) is 0 Å². The lowest BCUT2D eigenvalue weighted by Crippen LogP contribution is -2.21. The molecular weight excluding hydrogens is 318 g/mol. The van der Waals surface area contributed by atoms with Crippen molar-refractivity contribution in [2.24, 2.45) is 0 Å². The molecule has 0 spiro atoms. The third-order valence-corrected chi connectivity index (χ3v) is 4.63. The molecule has 0 aliphatic heterocycles. The smallest absolute Gasteiger partial charge is 0.331 e. The first-order valence-corrected chi connectivity index (χ1v) is 8.25. The van der Waals surface area contributed by atoms with E-state index in [1.54, 1.807) is 6.08 Å². The zero-order chi connectivity index (χ0) is 16.9. The van der Waals surface area contributed by atoms with Crippen LogP contribution in [-0.2, 0) is 26.2 Å². The Morgan fingerprint density at radius 2 is 1.87 bits per heavy atom. The van der Waals surface area contributed by atoms with Gasteiger partial charge in [-0.2, -0.15) is 0 Å². The Labute approximate surface area is 135 Å². The molecule has 6 nitrogen and oxygen atoms in total. The summed E-state index contributed by atoms with van der Waals surface area (Å²) < 4.78 is 35.0. The molecule has 122 valence electrons. The zero-order valence-corrected chi connectivity index (χ0v) is 13.6. The van der Waals surface area contributed by atoms with E-state index in [9.17, 15) is 13.2 Å². The predicted octanol–water partition coefficient (Wildman–Crippen LogP) is 2.29. The Kier molecular flexibility index (Phi) is 5.36. The van der Waals surface area contributed by atoms with Crippen molar-refractivity contribution in [1.29, 1.82) is 0 Å². The first-order chi connectivity index (χ1) is 10.9. The monoisotopic (exact) mass is 335 g/mol. The highest BCUT2D eigenvalue weighted by atomic mass is 32.2. The largest absolute Gasteiger partial charge is 0.454 e. The second-order valence-electron chi connectivity index (χ2n) is 4.86. The summed E-state index contributed by atoms with van der Waals surface area (Å²) in [7, 11) is -0.811. The van der Waals surface area contributed by atoms with Gasteiger partial charge in [0.25, 0.3) is 10.0 Å². The number of carbonyl (C=O) groups is 1. The van der Waals surface area contributed by atoms with Crippen LogP contribution in [0.1, 0.15) is 11.3 Å². The van der Waals surface area contributed by atoms with Crippen LogP contribution in [0.3, 0.4) is 0 Å². The third kappa shape index (κ3) is 4.54. The lowest BCUT2D eigenvalue weighted by atomic mass is 10.2. The van der Waals surface area contributed by atoms with Crippen molar-refractivity contribution in [3.8, 4) is 0 Å². The molecule has 0 bridgehead atoms. The van der Waals surface area contributed by atoms with Crippen LogP contribution < -0.4 is 0 Å². The summed E-state index contributed by atoms with van der Waals surface area (Å²) in [6.07, 6.45) is 2.93. The van der Waals surface area contributed by atoms with E-state index in [2.05, 4.69) is 0 Å². The van der Waals surface area contributed by atoms with Crippen molar-refractivity contribution in [2.75, 3.05) is 14.1 Å². The van der Waals surface area contributed by atoms with E-state index in [-0.39, 0.29) is 17.5 Å². The molecule has 7 heteroatoms. The topological polar surface area (TPSA) is 76.8 Å². The molecular formula is C16H17NO5S. The summed E-state index contributed by atoms with van der Waals surface area (Å²) in [5.41, 5.74) is 0.877. The number of ether oxygens (including phenoxy) is 1. The van der Waals surface area contributed by atoms with Crippen molar-refractivity contribution in [2.45, 2.75) is 11.7 Å². The van der Waals surface area contributed by atoms with Gasteiger partial charge in [-0.25, -0.2) is 17.5 Å². The van der Waals surface area contributed by atoms with Crippen molar-refractivity contribution < 1.29 is 22.4 Å². The fraction of sp³-hybridized carbons (Fsp3) is 0.188. The van der Waals surface area contributed by atoms with E-state index in [1.807, 2.05) is 30.3 Å². The number of benzene rings is 1. The van der Waals surface area contributed by atoms with Gasteiger partial charge in [0, 0.05) is 20.2 Å². The highest BCUT2D eigenvalue weighted by molar-refractivity contribution is 7.88. The Bertz CT molecular complexity index is 791. The zero-order valence-electron chi connectivity index (χ0n) is 12.8. The molecule has 0 unspecified atom stereocenters. The number of rotatable bonds is 6. The molecule has 1 aromatic heterocycles. The SMILES string of the molecule is CN(C)S(=O)(=O)c1ccc(COC(=O)/C=C/c2ccccc2)o1. The maximum atomic E-state index is 11.9. The van der Waals surface area contributed by atoms with Gasteiger partial charge in [-0.05, 0) is 23.8 Å². The number of carbonyl (C=O) groups excluding carboxylic acids is 1. The quantitative estimate of drug-likeness (QED) is 0.598. The van der Waals surface area contributed by atoms with Gasteiger partial charge in [0.05, 0.1) is 0 Å². The van der Waals surface area contributed by atoms with Gasteiger partial charge in [0.2, 0.25) is 5.09 Å². The lowest BCUT2D eigenvalue weighted by Gasteiger charge is -2.07. The molecule has 1 heterocycles. The second-order valence-corrected chi connectivity index (χ2v) is 6.94. The number of sulfonamides is 1. The van der Waals surface area contributed by atoms with Crippen LogP contribution in [0.5, 0.6) is 0 Å². The van der Waals surface area contributed by atoms with Gasteiger partial charge in [0.1, 0.15) is 12.4 Å². The first kappa shape index (κ1) is 17.0. The number of esters is 1. The molecule has 0 fully saturated rings. The molecule has 0 atom stereocenters. The van der Waals surface area contributed by atoms with Crippen molar-refractivity contribution in [1.82, 2.24) is 4.31 Å². The minimum atomic E-state index is -3.63. The standard InChI is InChI=1S/C16H17NO5S/c1-17(2)23(19,20)16-11-9-14(22-16)12-21-15(18)10-8-13-6-4-3-5-7-13/h3-11H,12H2,1-2H3/b10-8+. The highest BCUT2D eigenvalue weighted by Gasteiger charge is 2.21. The van der Waals surface area contributed by atoms with Crippen LogP contribution in [0.2, 0.25) is 0 Å². The van der Waals surface area contributed by atoms with Gasteiger partial charge in [-0.3, -0.25) is 0 Å². The molecule has 0 radical (unpaired) electrons. The van der Waals surface area contributed by atoms with E-state index >= 15 is 0 Å². The van der Waals surface area contributed by atoms with Crippen LogP contribution in [0, 0.1) is 0 Å². The van der Waals surface area contributed by atoms with Gasteiger partial charge < -0.3 is 9.15 Å². The Morgan fingerprint density at radius 1 is 1.17 bits per heavy atom. The molecule has 0 aliphatic carbocycles. The van der Waals surface area contributed by atoms with Crippen LogP contribution in [0.15, 0.2) is 58.1 Å². The van der Waals surface area contributed by atoms with Crippen molar-refractivity contribution >= 4 is 22.1 Å². The Hall–Kier alpha value is -2.38. The van der Waals surface area contributed by atoms with Crippen LogP contribution >= 0.6 is 0 Å². The van der Waals surface area contributed by atoms with E-state index in [0.717, 1.165) is 9.87 Å². The lowest BCUT2D eigenvalue weighted by molar-refractivity contribution is -0.139. The minimum Gasteiger partial charge on any atom is -0.454 e. The van der Waals surface area contributed by atoms with Gasteiger partial charge in [-0.15, -0.1) is 0 Å². The molecule has 0 aliphatic rings. The molecule has 0 N–H and O–H groups in total. The van der Waals surface area contributed by atoms with Gasteiger partial charge >= 0.3 is 5.97 Å². The molecule has 2 aromatic rings. The average molecular weight is 335 g/mol. The summed E-state index contributed by atoms with van der Waals surface area (Å²) >= 11 is 0. The maximum absolute atomic E-state index is 11.9. The molecule has 0 amide bonds. The Balaban J connectivity index is 1.93. The summed E-state index contributed by atoms with van der Waals surface area (Å²) in [5.74, 6) is -0.283. The Morgan fingerprint density at radius 3 is 2.52 bits per heavy atom. The van der Waals surface area contributed by atoms with E-state index < -0.39 is 16.0 Å². The number of hydrogen-bond acceptors (Lipinski definition) is 5. The number of hydrogen-bond donors (Lipinski definition) is 0. The normalized spacial score (nSPS) is 12.0. The van der Waals surface area contributed by atoms with E-state index in [1.165, 1.54) is 32.3 Å². The van der Waals surface area contributed by atoms with Crippen molar-refractivity contribution in [3.05, 3.63) is 59.9 Å². The predicted molar refractivity (Wildman–Crippen MR) is 84.9 cm³/mol. The average Bonchev–Trinajstić information content (AvgIpc) is 3.01. The first-order valence-electron chi connectivity index (χ1n) is 6.81. The fourth-order valence-corrected chi connectivity index (χ4v) is 2.49. The van der Waals surface area contributed by atoms with Crippen LogP contribution in [0.25, 0.3) is 6.08 Å². The summed E-state index contributed by atoms with van der Waals surface area (Å²) in [4.78, 5) is 11.6. The van der Waals surface area contributed by atoms with Gasteiger partial charge in [-0.1, -0.05) is 30.3 Å². The third-order valence-electron chi connectivity index (χ3n) is 2.94. The fourth-order valence-electron chi connectivity index (χ4n) is 1.67. The summed E-state index contributed by atoms with van der Waals surface area (Å²) in [5, 5.41) is -0.187. The molecule has 1 aromatic carbocycles. The number of furan rings is 1. The van der Waals surface area contributed by atoms with Crippen LogP contribution in [0.4, 0.5) is 0 Å². The maximum Gasteiger partial charge on any atom is 0.331 e. The molecule has 2 rings (SSSR count). The summed E-state index contributed by atoms with van der Waals surface area (Å²) in [6, 6.07) is 12.1. The molecule has 23 heavy (non-hydrogen) atoms. The van der Waals surface area contributed by atoms with E-state index in [0.29, 0.717) is 0 Å². The minimum absolute atomic E-state index is 0.138. The van der Waals surface area contributed by atoms with Crippen LogP contribution in [-0.4, -0.2) is 32.8 Å². The van der Waals surface area contributed by atoms with Crippen molar-refractivity contribution in [3.63, 3.8) is 0 Å².